The fourth-order valence-corrected chi connectivity index (χ4v) is 2.17. The third-order valence-electron chi connectivity index (χ3n) is 2.38. The zero-order valence-electron chi connectivity index (χ0n) is 11.4. The highest BCUT2D eigenvalue weighted by Gasteiger charge is 2.09. The van der Waals surface area contributed by atoms with E-state index in [9.17, 15) is 4.79 Å². The summed E-state index contributed by atoms with van der Waals surface area (Å²) in [5.74, 6) is 1.36. The van der Waals surface area contributed by atoms with E-state index in [-0.39, 0.29) is 5.97 Å². The highest BCUT2D eigenvalue weighted by molar-refractivity contribution is 7.98. The maximum atomic E-state index is 11.2. The summed E-state index contributed by atoms with van der Waals surface area (Å²) in [5.41, 5.74) is 0.859. The van der Waals surface area contributed by atoms with E-state index < -0.39 is 0 Å². The first-order valence-electron chi connectivity index (χ1n) is 6.14. The normalized spacial score (nSPS) is 10.5. The lowest BCUT2D eigenvalue weighted by Crippen LogP contribution is -2.36. The van der Waals surface area contributed by atoms with Gasteiger partial charge in [0.1, 0.15) is 12.5 Å². The second-order valence-corrected chi connectivity index (χ2v) is 4.93. The quantitative estimate of drug-likeness (QED) is 0.568. The molecule has 0 amide bonds. The number of carbonyl (C=O) groups is 1. The summed E-state index contributed by atoms with van der Waals surface area (Å²) in [7, 11) is 1.82. The molecule has 0 aliphatic rings. The van der Waals surface area contributed by atoms with Crippen LogP contribution < -0.4 is 4.68 Å². The molecule has 0 radical (unpaired) electrons. The number of nitrogens with zero attached hydrogens (tertiary/aromatic N) is 5. The van der Waals surface area contributed by atoms with Gasteiger partial charge in [-0.3, -0.25) is 9.48 Å². The van der Waals surface area contributed by atoms with E-state index in [1.807, 2.05) is 19.3 Å². The van der Waals surface area contributed by atoms with Crippen LogP contribution in [0.5, 0.6) is 0 Å². The van der Waals surface area contributed by atoms with Crippen LogP contribution in [0.25, 0.3) is 11.4 Å². The number of hydrogen-bond donors (Lipinski definition) is 0. The summed E-state index contributed by atoms with van der Waals surface area (Å²) in [6.07, 6.45) is 5.19. The molecule has 0 saturated carbocycles. The van der Waals surface area contributed by atoms with Gasteiger partial charge in [0.25, 0.3) is 0 Å². The molecule has 0 aromatic carbocycles. The lowest BCUT2D eigenvalue weighted by molar-refractivity contribution is -0.734. The Balaban J connectivity index is 1.87. The van der Waals surface area contributed by atoms with Crippen LogP contribution in [0.1, 0.15) is 6.92 Å². The van der Waals surface area contributed by atoms with E-state index in [0.717, 1.165) is 5.56 Å². The van der Waals surface area contributed by atoms with Gasteiger partial charge >= 0.3 is 5.97 Å². The topological polar surface area (TPSA) is 73.8 Å². The van der Waals surface area contributed by atoms with Gasteiger partial charge in [0.2, 0.25) is 5.88 Å². The van der Waals surface area contributed by atoms with Gasteiger partial charge in [-0.15, -0.1) is 0 Å². The van der Waals surface area contributed by atoms with E-state index in [2.05, 4.69) is 15.2 Å². The Morgan fingerprint density at radius 1 is 1.55 bits per heavy atom. The zero-order valence-corrected chi connectivity index (χ0v) is 12.2. The third kappa shape index (κ3) is 4.02. The van der Waals surface area contributed by atoms with Gasteiger partial charge in [0.15, 0.2) is 12.0 Å². The van der Waals surface area contributed by atoms with Gasteiger partial charge in [0.05, 0.1) is 17.9 Å². The Bertz CT molecular complexity index is 569. The van der Waals surface area contributed by atoms with Crippen LogP contribution in [-0.4, -0.2) is 38.2 Å². The van der Waals surface area contributed by atoms with Crippen LogP contribution >= 0.6 is 11.8 Å². The number of carbonyl (C=O) groups excluding carboxylic acids is 1. The predicted molar refractivity (Wildman–Crippen MR) is 73.5 cm³/mol. The summed E-state index contributed by atoms with van der Waals surface area (Å²) in [6, 6.07) is 1.90. The molecule has 8 heteroatoms. The van der Waals surface area contributed by atoms with Crippen molar-refractivity contribution in [3.8, 4) is 11.4 Å². The van der Waals surface area contributed by atoms with Crippen molar-refractivity contribution in [2.24, 2.45) is 7.05 Å². The predicted octanol–water partition coefficient (Wildman–Crippen LogP) is 0.418. The third-order valence-corrected chi connectivity index (χ3v) is 3.26. The van der Waals surface area contributed by atoms with Crippen molar-refractivity contribution in [3.05, 3.63) is 24.8 Å². The van der Waals surface area contributed by atoms with Crippen LogP contribution in [0, 0.1) is 0 Å². The number of hydrogen-bond acceptors (Lipinski definition) is 6. The maximum Gasteiger partial charge on any atom is 0.316 e. The van der Waals surface area contributed by atoms with Gasteiger partial charge in [-0.2, -0.15) is 5.10 Å². The standard InChI is InChI=1S/C12H16N5O2S/c1-3-19-11(18)7-20-9-17-5-4-10(6-14-17)12-13-8-16(2)15-12/h4-6,8H,3,7,9H2,1-2H3/q+1. The molecule has 2 rings (SSSR count). The maximum absolute atomic E-state index is 11.2. The molecule has 0 spiro atoms. The fourth-order valence-electron chi connectivity index (χ4n) is 1.49. The van der Waals surface area contributed by atoms with Crippen LogP contribution in [-0.2, 0) is 22.5 Å². The fraction of sp³-hybridized carbons (Fsp3) is 0.417. The Morgan fingerprint density at radius 2 is 2.40 bits per heavy atom. The van der Waals surface area contributed by atoms with Crippen LogP contribution in [0.3, 0.4) is 0 Å². The zero-order chi connectivity index (χ0) is 14.4. The summed E-state index contributed by atoms with van der Waals surface area (Å²) in [4.78, 5) is 15.3. The minimum atomic E-state index is -0.201. The minimum absolute atomic E-state index is 0.201. The van der Waals surface area contributed by atoms with E-state index in [0.29, 0.717) is 24.1 Å². The molecular formula is C12H16N5O2S+. The molecule has 2 aromatic rings. The molecule has 20 heavy (non-hydrogen) atoms. The Morgan fingerprint density at radius 3 is 3.00 bits per heavy atom. The molecule has 106 valence electrons. The smallest absolute Gasteiger partial charge is 0.316 e. The molecule has 0 N–H and O–H groups in total. The molecule has 0 aliphatic heterocycles. The van der Waals surface area contributed by atoms with Crippen molar-refractivity contribution < 1.29 is 14.2 Å². The first kappa shape index (κ1) is 14.4. The molecular weight excluding hydrogens is 278 g/mol. The molecule has 2 aromatic heterocycles. The van der Waals surface area contributed by atoms with Crippen molar-refractivity contribution in [2.45, 2.75) is 12.8 Å². The van der Waals surface area contributed by atoms with Crippen molar-refractivity contribution in [2.75, 3.05) is 12.4 Å². The molecule has 0 bridgehead atoms. The summed E-state index contributed by atoms with van der Waals surface area (Å²) in [5, 5.41) is 8.47. The first-order chi connectivity index (χ1) is 9.69. The van der Waals surface area contributed by atoms with Crippen molar-refractivity contribution in [1.82, 2.24) is 19.9 Å². The van der Waals surface area contributed by atoms with Crippen molar-refractivity contribution in [1.29, 1.82) is 0 Å². The van der Waals surface area contributed by atoms with Gasteiger partial charge in [-0.1, -0.05) is 16.4 Å². The number of aromatic nitrogens is 5. The minimum Gasteiger partial charge on any atom is -0.465 e. The first-order valence-corrected chi connectivity index (χ1v) is 7.29. The van der Waals surface area contributed by atoms with Gasteiger partial charge in [-0.25, -0.2) is 4.98 Å². The van der Waals surface area contributed by atoms with Crippen LogP contribution in [0.4, 0.5) is 0 Å². The molecule has 2 heterocycles. The summed E-state index contributed by atoms with van der Waals surface area (Å²) < 4.78 is 8.24. The van der Waals surface area contributed by atoms with Crippen LogP contribution in [0.2, 0.25) is 0 Å². The molecule has 0 unspecified atom stereocenters. The van der Waals surface area contributed by atoms with E-state index in [4.69, 9.17) is 4.74 Å². The number of aryl methyl sites for hydroxylation is 1. The summed E-state index contributed by atoms with van der Waals surface area (Å²) in [6.45, 7) is 2.21. The second kappa shape index (κ2) is 6.99. The summed E-state index contributed by atoms with van der Waals surface area (Å²) >= 11 is 1.45. The number of thioether (sulfide) groups is 1. The van der Waals surface area contributed by atoms with Crippen molar-refractivity contribution >= 4 is 17.7 Å². The van der Waals surface area contributed by atoms with Gasteiger partial charge in [-0.05, 0) is 12.0 Å². The second-order valence-electron chi connectivity index (χ2n) is 3.98. The van der Waals surface area contributed by atoms with E-state index >= 15 is 0 Å². The Labute approximate surface area is 121 Å². The van der Waals surface area contributed by atoms with Gasteiger partial charge < -0.3 is 4.74 Å². The monoisotopic (exact) mass is 294 g/mol. The van der Waals surface area contributed by atoms with Crippen molar-refractivity contribution in [3.63, 3.8) is 0 Å². The largest absolute Gasteiger partial charge is 0.465 e. The number of ether oxygens (including phenoxy) is 1. The molecule has 7 nitrogen and oxygen atoms in total. The van der Waals surface area contributed by atoms with E-state index in [1.165, 1.54) is 11.8 Å². The Kier molecular flexibility index (Phi) is 5.05. The van der Waals surface area contributed by atoms with Crippen LogP contribution in [0.15, 0.2) is 24.8 Å². The number of esters is 1. The highest BCUT2D eigenvalue weighted by atomic mass is 32.2. The van der Waals surface area contributed by atoms with E-state index in [1.54, 1.807) is 28.8 Å². The Hall–Kier alpha value is -1.96. The molecule has 0 fully saturated rings. The average molecular weight is 294 g/mol. The molecule has 0 saturated heterocycles. The molecule has 0 atom stereocenters. The lowest BCUT2D eigenvalue weighted by atomic mass is 10.3. The van der Waals surface area contributed by atoms with Gasteiger partial charge in [0, 0.05) is 13.1 Å². The average Bonchev–Trinajstić information content (AvgIpc) is 2.86. The SMILES string of the molecule is CCOC(=O)CSC[n+]1ccc(-c2ncn(C)n2)cn1. The molecule has 0 aliphatic carbocycles. The highest BCUT2D eigenvalue weighted by Crippen LogP contribution is 2.10. The number of rotatable bonds is 6. The lowest BCUT2D eigenvalue weighted by Gasteiger charge is -1.99.